The average molecular weight is 297 g/mol. The molecule has 3 rings (SSSR count). The molecule has 21 heavy (non-hydrogen) atoms. The van der Waals surface area contributed by atoms with Crippen LogP contribution in [0.15, 0.2) is 30.0 Å². The SMILES string of the molecule is C[Si](C)(C)C#Cc1cccc2c1CC1/C(=C/O)C(=O)NC21. The summed E-state index contributed by atoms with van der Waals surface area (Å²) < 4.78 is 0. The molecule has 0 saturated carbocycles. The Morgan fingerprint density at radius 2 is 2.14 bits per heavy atom. The van der Waals surface area contributed by atoms with Crippen molar-refractivity contribution in [3.05, 3.63) is 46.7 Å². The first-order valence-corrected chi connectivity index (χ1v) is 10.7. The van der Waals surface area contributed by atoms with Crippen LogP contribution < -0.4 is 5.32 Å². The lowest BCUT2D eigenvalue weighted by molar-refractivity contribution is -0.116. The summed E-state index contributed by atoms with van der Waals surface area (Å²) in [5.41, 5.74) is 7.32. The number of nitrogens with one attached hydrogen (secondary N) is 1. The van der Waals surface area contributed by atoms with E-state index in [2.05, 4.69) is 48.6 Å². The highest BCUT2D eigenvalue weighted by Gasteiger charge is 2.44. The number of aliphatic hydroxyl groups is 1. The van der Waals surface area contributed by atoms with E-state index in [9.17, 15) is 9.90 Å². The Hall–Kier alpha value is -1.99. The number of hydrogen-bond donors (Lipinski definition) is 2. The fourth-order valence-electron chi connectivity index (χ4n) is 3.07. The zero-order valence-electron chi connectivity index (χ0n) is 12.5. The molecule has 1 saturated heterocycles. The molecule has 3 nitrogen and oxygen atoms in total. The number of hydrogen-bond acceptors (Lipinski definition) is 2. The van der Waals surface area contributed by atoms with Crippen molar-refractivity contribution in [2.45, 2.75) is 32.1 Å². The predicted molar refractivity (Wildman–Crippen MR) is 85.5 cm³/mol. The molecule has 1 aromatic carbocycles. The number of carbonyl (C=O) groups is 1. The average Bonchev–Trinajstić information content (AvgIpc) is 2.90. The van der Waals surface area contributed by atoms with Crippen molar-refractivity contribution in [2.24, 2.45) is 5.92 Å². The van der Waals surface area contributed by atoms with Crippen molar-refractivity contribution < 1.29 is 9.90 Å². The maximum atomic E-state index is 11.8. The van der Waals surface area contributed by atoms with E-state index in [1.54, 1.807) is 0 Å². The van der Waals surface area contributed by atoms with Gasteiger partial charge in [0.05, 0.1) is 17.9 Å². The van der Waals surface area contributed by atoms with Crippen LogP contribution in [0.4, 0.5) is 0 Å². The van der Waals surface area contributed by atoms with Crippen molar-refractivity contribution in [3.8, 4) is 11.5 Å². The number of carbonyl (C=O) groups excluding carboxylic acids is 1. The van der Waals surface area contributed by atoms with Crippen molar-refractivity contribution in [1.29, 1.82) is 0 Å². The Kier molecular flexibility index (Phi) is 3.18. The molecule has 0 radical (unpaired) electrons. The molecule has 1 amide bonds. The molecule has 2 atom stereocenters. The fourth-order valence-corrected chi connectivity index (χ4v) is 3.58. The van der Waals surface area contributed by atoms with Crippen LogP contribution in [0.2, 0.25) is 19.6 Å². The highest BCUT2D eigenvalue weighted by molar-refractivity contribution is 6.83. The van der Waals surface area contributed by atoms with Gasteiger partial charge in [0, 0.05) is 11.5 Å². The van der Waals surface area contributed by atoms with Gasteiger partial charge in [-0.15, -0.1) is 5.54 Å². The van der Waals surface area contributed by atoms with Gasteiger partial charge in [0.15, 0.2) is 0 Å². The van der Waals surface area contributed by atoms with Crippen molar-refractivity contribution in [1.82, 2.24) is 5.32 Å². The molecule has 4 heteroatoms. The van der Waals surface area contributed by atoms with Gasteiger partial charge in [-0.25, -0.2) is 0 Å². The van der Waals surface area contributed by atoms with E-state index in [0.717, 1.165) is 23.8 Å². The fraction of sp³-hybridized carbons (Fsp3) is 0.353. The Bertz CT molecular complexity index is 704. The van der Waals surface area contributed by atoms with E-state index in [4.69, 9.17) is 0 Å². The topological polar surface area (TPSA) is 49.3 Å². The second-order valence-electron chi connectivity index (χ2n) is 6.72. The van der Waals surface area contributed by atoms with Crippen LogP contribution >= 0.6 is 0 Å². The van der Waals surface area contributed by atoms with E-state index in [1.165, 1.54) is 5.56 Å². The van der Waals surface area contributed by atoms with E-state index >= 15 is 0 Å². The van der Waals surface area contributed by atoms with Gasteiger partial charge in [0.2, 0.25) is 0 Å². The van der Waals surface area contributed by atoms with Crippen LogP contribution in [-0.4, -0.2) is 19.1 Å². The first kappa shape index (κ1) is 14.0. The minimum Gasteiger partial charge on any atom is -0.515 e. The number of rotatable bonds is 0. The Labute approximate surface area is 126 Å². The molecule has 2 unspecified atom stereocenters. The van der Waals surface area contributed by atoms with Gasteiger partial charge >= 0.3 is 0 Å². The summed E-state index contributed by atoms with van der Waals surface area (Å²) in [5.74, 6) is 3.21. The van der Waals surface area contributed by atoms with Gasteiger partial charge in [-0.1, -0.05) is 37.7 Å². The summed E-state index contributed by atoms with van der Waals surface area (Å²) in [6.07, 6.45) is 1.72. The highest BCUT2D eigenvalue weighted by Crippen LogP contribution is 2.44. The second kappa shape index (κ2) is 4.78. The lowest BCUT2D eigenvalue weighted by Gasteiger charge is -2.09. The summed E-state index contributed by atoms with van der Waals surface area (Å²) in [6.45, 7) is 6.68. The summed E-state index contributed by atoms with van der Waals surface area (Å²) in [6, 6.07) is 6.10. The predicted octanol–water partition coefficient (Wildman–Crippen LogP) is 2.70. The molecule has 1 heterocycles. The number of fused-ring (bicyclic) bond motifs is 3. The molecule has 0 spiro atoms. The minimum absolute atomic E-state index is 0.0143. The third-order valence-corrected chi connectivity index (χ3v) is 4.91. The molecular weight excluding hydrogens is 278 g/mol. The lowest BCUT2D eigenvalue weighted by Crippen LogP contribution is -2.19. The van der Waals surface area contributed by atoms with Crippen molar-refractivity contribution in [2.75, 3.05) is 0 Å². The van der Waals surface area contributed by atoms with Crippen LogP contribution in [0, 0.1) is 17.4 Å². The summed E-state index contributed by atoms with van der Waals surface area (Å²) in [7, 11) is -1.41. The van der Waals surface area contributed by atoms with Gasteiger partial charge in [0.1, 0.15) is 8.07 Å². The third kappa shape index (κ3) is 2.38. The normalized spacial score (nSPS) is 25.1. The quantitative estimate of drug-likeness (QED) is 0.335. The molecular formula is C17H19NO2Si. The first-order chi connectivity index (χ1) is 9.90. The highest BCUT2D eigenvalue weighted by atomic mass is 28.3. The van der Waals surface area contributed by atoms with E-state index in [-0.39, 0.29) is 17.9 Å². The van der Waals surface area contributed by atoms with Gasteiger partial charge in [-0.2, -0.15) is 0 Å². The number of amides is 1. The molecule has 1 aliphatic carbocycles. The summed E-state index contributed by atoms with van der Waals surface area (Å²) in [4.78, 5) is 11.8. The Morgan fingerprint density at radius 3 is 2.81 bits per heavy atom. The monoisotopic (exact) mass is 297 g/mol. The molecule has 2 aliphatic rings. The van der Waals surface area contributed by atoms with E-state index < -0.39 is 8.07 Å². The van der Waals surface area contributed by atoms with Crippen molar-refractivity contribution in [3.63, 3.8) is 0 Å². The molecule has 0 aromatic heterocycles. The zero-order valence-corrected chi connectivity index (χ0v) is 13.5. The summed E-state index contributed by atoms with van der Waals surface area (Å²) >= 11 is 0. The van der Waals surface area contributed by atoms with Crippen LogP contribution in [0.3, 0.4) is 0 Å². The smallest absolute Gasteiger partial charge is 0.251 e. The maximum absolute atomic E-state index is 11.8. The molecule has 1 fully saturated rings. The molecule has 0 bridgehead atoms. The van der Waals surface area contributed by atoms with Crippen LogP contribution in [0.25, 0.3) is 0 Å². The van der Waals surface area contributed by atoms with Crippen LogP contribution in [0.1, 0.15) is 22.7 Å². The van der Waals surface area contributed by atoms with Gasteiger partial charge in [-0.05, 0) is 23.6 Å². The molecule has 108 valence electrons. The third-order valence-electron chi connectivity index (χ3n) is 4.03. The van der Waals surface area contributed by atoms with E-state index in [0.29, 0.717) is 5.57 Å². The zero-order chi connectivity index (χ0) is 15.2. The lowest BCUT2D eigenvalue weighted by atomic mass is 9.97. The Morgan fingerprint density at radius 1 is 1.38 bits per heavy atom. The van der Waals surface area contributed by atoms with Crippen molar-refractivity contribution >= 4 is 14.0 Å². The molecule has 2 N–H and O–H groups in total. The van der Waals surface area contributed by atoms with E-state index in [1.807, 2.05) is 6.07 Å². The number of benzene rings is 1. The van der Waals surface area contributed by atoms with Gasteiger partial charge in [-0.3, -0.25) is 4.79 Å². The maximum Gasteiger partial charge on any atom is 0.251 e. The standard InChI is InChI=1S/C17H19NO2Si/c1-21(2,3)8-7-11-5-4-6-12-13(11)9-14-15(10-19)17(20)18-16(12)14/h4-6,10,14,16,19H,9H2,1-3H3,(H,18,20)/b15-10-. The summed E-state index contributed by atoms with van der Waals surface area (Å²) in [5, 5.41) is 12.3. The van der Waals surface area contributed by atoms with Crippen LogP contribution in [-0.2, 0) is 11.2 Å². The van der Waals surface area contributed by atoms with Crippen LogP contribution in [0.5, 0.6) is 0 Å². The first-order valence-electron chi connectivity index (χ1n) is 7.21. The van der Waals surface area contributed by atoms with Gasteiger partial charge < -0.3 is 10.4 Å². The molecule has 1 aromatic rings. The number of aliphatic hydroxyl groups excluding tert-OH is 1. The van der Waals surface area contributed by atoms with Gasteiger partial charge in [0.25, 0.3) is 5.91 Å². The second-order valence-corrected chi connectivity index (χ2v) is 11.5. The minimum atomic E-state index is -1.41. The largest absolute Gasteiger partial charge is 0.515 e. The molecule has 1 aliphatic heterocycles. The Balaban J connectivity index is 2.03.